The van der Waals surface area contributed by atoms with Gasteiger partial charge in [0.05, 0.1) is 11.1 Å². The van der Waals surface area contributed by atoms with Crippen molar-refractivity contribution in [1.29, 1.82) is 0 Å². The predicted octanol–water partition coefficient (Wildman–Crippen LogP) is 2.36. The second-order valence-electron chi connectivity index (χ2n) is 3.91. The summed E-state index contributed by atoms with van der Waals surface area (Å²) in [7, 11) is 0. The largest absolute Gasteiger partial charge is 0.489 e. The average molecular weight is 242 g/mol. The van der Waals surface area contributed by atoms with Crippen LogP contribution in [-0.2, 0) is 11.3 Å². The Morgan fingerprint density at radius 1 is 1.50 bits per heavy atom. The third-order valence-corrected chi connectivity index (χ3v) is 2.98. The highest BCUT2D eigenvalue weighted by atomic mass is 35.5. The smallest absolute Gasteiger partial charge is 0.138 e. The van der Waals surface area contributed by atoms with Gasteiger partial charge in [0.1, 0.15) is 12.4 Å². The number of benzene rings is 1. The fourth-order valence-corrected chi connectivity index (χ4v) is 2.00. The van der Waals surface area contributed by atoms with Crippen LogP contribution in [0.3, 0.4) is 0 Å². The Morgan fingerprint density at radius 2 is 2.38 bits per heavy atom. The van der Waals surface area contributed by atoms with Crippen molar-refractivity contribution in [3.8, 4) is 5.75 Å². The number of nitrogens with two attached hydrogens (primary N) is 1. The molecule has 1 saturated heterocycles. The first-order valence-corrected chi connectivity index (χ1v) is 5.90. The Morgan fingerprint density at radius 3 is 3.00 bits per heavy atom. The summed E-state index contributed by atoms with van der Waals surface area (Å²) in [6, 6.07) is 5.63. The van der Waals surface area contributed by atoms with Crippen molar-refractivity contribution in [1.82, 2.24) is 0 Å². The highest BCUT2D eigenvalue weighted by Gasteiger charge is 2.16. The topological polar surface area (TPSA) is 44.5 Å². The van der Waals surface area contributed by atoms with E-state index in [-0.39, 0.29) is 6.10 Å². The predicted molar refractivity (Wildman–Crippen MR) is 63.8 cm³/mol. The number of hydrogen-bond acceptors (Lipinski definition) is 3. The van der Waals surface area contributed by atoms with Crippen molar-refractivity contribution in [3.05, 3.63) is 28.8 Å². The van der Waals surface area contributed by atoms with Crippen molar-refractivity contribution in [2.75, 3.05) is 13.2 Å². The number of ether oxygens (including phenoxy) is 2. The molecule has 0 spiro atoms. The molecule has 3 nitrogen and oxygen atoms in total. The average Bonchev–Trinajstić information content (AvgIpc) is 2.80. The van der Waals surface area contributed by atoms with Gasteiger partial charge in [-0.05, 0) is 30.5 Å². The zero-order valence-electron chi connectivity index (χ0n) is 9.12. The molecule has 1 aliphatic heterocycles. The van der Waals surface area contributed by atoms with Crippen LogP contribution in [0.1, 0.15) is 18.4 Å². The molecule has 0 amide bonds. The number of halogens is 1. The van der Waals surface area contributed by atoms with Gasteiger partial charge < -0.3 is 15.2 Å². The molecule has 1 aromatic carbocycles. The summed E-state index contributed by atoms with van der Waals surface area (Å²) in [6.45, 7) is 1.90. The van der Waals surface area contributed by atoms with Crippen LogP contribution in [0.2, 0.25) is 5.02 Å². The van der Waals surface area contributed by atoms with Crippen molar-refractivity contribution >= 4 is 11.6 Å². The summed E-state index contributed by atoms with van der Waals surface area (Å²) in [4.78, 5) is 0. The van der Waals surface area contributed by atoms with Gasteiger partial charge in [0, 0.05) is 13.2 Å². The molecule has 0 bridgehead atoms. The third-order valence-electron chi connectivity index (χ3n) is 2.68. The van der Waals surface area contributed by atoms with Crippen LogP contribution in [0.4, 0.5) is 0 Å². The zero-order chi connectivity index (χ0) is 11.4. The van der Waals surface area contributed by atoms with Gasteiger partial charge in [-0.15, -0.1) is 0 Å². The molecule has 2 rings (SSSR count). The van der Waals surface area contributed by atoms with E-state index in [0.29, 0.717) is 23.9 Å². The van der Waals surface area contributed by atoms with Crippen molar-refractivity contribution in [2.45, 2.75) is 25.5 Å². The van der Waals surface area contributed by atoms with Gasteiger partial charge in [0.25, 0.3) is 0 Å². The molecule has 4 heteroatoms. The standard InChI is InChI=1S/C12H16ClNO2/c13-11-6-9(7-14)3-4-12(11)16-8-10-2-1-5-15-10/h3-4,6,10H,1-2,5,7-8,14H2. The Labute approximate surface area is 100 Å². The molecule has 1 fully saturated rings. The van der Waals surface area contributed by atoms with E-state index >= 15 is 0 Å². The fraction of sp³-hybridized carbons (Fsp3) is 0.500. The Balaban J connectivity index is 1.93. The van der Waals surface area contributed by atoms with Crippen LogP contribution >= 0.6 is 11.6 Å². The lowest BCUT2D eigenvalue weighted by Crippen LogP contribution is -2.16. The first kappa shape index (κ1) is 11.7. The van der Waals surface area contributed by atoms with Gasteiger partial charge in [0.2, 0.25) is 0 Å². The lowest BCUT2D eigenvalue weighted by molar-refractivity contribution is 0.0680. The van der Waals surface area contributed by atoms with Crippen LogP contribution < -0.4 is 10.5 Å². The Hall–Kier alpha value is -0.770. The van der Waals surface area contributed by atoms with E-state index in [1.165, 1.54) is 0 Å². The SMILES string of the molecule is NCc1ccc(OCC2CCCO2)c(Cl)c1. The highest BCUT2D eigenvalue weighted by molar-refractivity contribution is 6.32. The van der Waals surface area contributed by atoms with E-state index in [9.17, 15) is 0 Å². The van der Waals surface area contributed by atoms with Gasteiger partial charge in [-0.3, -0.25) is 0 Å². The first-order chi connectivity index (χ1) is 7.79. The lowest BCUT2D eigenvalue weighted by Gasteiger charge is -2.12. The van der Waals surface area contributed by atoms with Crippen LogP contribution in [0.5, 0.6) is 5.75 Å². The Bertz CT molecular complexity index is 351. The zero-order valence-corrected chi connectivity index (χ0v) is 9.87. The maximum atomic E-state index is 6.07. The maximum absolute atomic E-state index is 6.07. The molecule has 1 unspecified atom stereocenters. The molecule has 0 aliphatic carbocycles. The van der Waals surface area contributed by atoms with Gasteiger partial charge in [-0.1, -0.05) is 17.7 Å². The summed E-state index contributed by atoms with van der Waals surface area (Å²) in [5, 5.41) is 0.612. The van der Waals surface area contributed by atoms with Gasteiger partial charge in [-0.2, -0.15) is 0 Å². The maximum Gasteiger partial charge on any atom is 0.138 e. The van der Waals surface area contributed by atoms with E-state index < -0.39 is 0 Å². The summed E-state index contributed by atoms with van der Waals surface area (Å²) < 4.78 is 11.1. The molecule has 0 radical (unpaired) electrons. The van der Waals surface area contributed by atoms with Crippen LogP contribution in [0.15, 0.2) is 18.2 Å². The number of rotatable bonds is 4. The minimum absolute atomic E-state index is 0.213. The number of hydrogen-bond donors (Lipinski definition) is 1. The molecule has 1 heterocycles. The van der Waals surface area contributed by atoms with Gasteiger partial charge in [0.15, 0.2) is 0 Å². The molecule has 1 aliphatic rings. The fourth-order valence-electron chi connectivity index (χ4n) is 1.75. The van der Waals surface area contributed by atoms with E-state index in [1.54, 1.807) is 0 Å². The lowest BCUT2D eigenvalue weighted by atomic mass is 10.2. The third kappa shape index (κ3) is 2.88. The molecule has 16 heavy (non-hydrogen) atoms. The molecule has 0 aromatic heterocycles. The van der Waals surface area contributed by atoms with Crippen molar-refractivity contribution < 1.29 is 9.47 Å². The Kier molecular flexibility index (Phi) is 4.04. The second-order valence-corrected chi connectivity index (χ2v) is 4.32. The molecular weight excluding hydrogens is 226 g/mol. The highest BCUT2D eigenvalue weighted by Crippen LogP contribution is 2.26. The van der Waals surface area contributed by atoms with E-state index in [2.05, 4.69) is 0 Å². The second kappa shape index (κ2) is 5.53. The monoisotopic (exact) mass is 241 g/mol. The molecular formula is C12H16ClNO2. The molecule has 2 N–H and O–H groups in total. The van der Waals surface area contributed by atoms with E-state index in [1.807, 2.05) is 18.2 Å². The summed E-state index contributed by atoms with van der Waals surface area (Å²) in [6.07, 6.45) is 2.40. The van der Waals surface area contributed by atoms with Gasteiger partial charge >= 0.3 is 0 Å². The minimum Gasteiger partial charge on any atom is -0.489 e. The summed E-state index contributed by atoms with van der Waals surface area (Å²) >= 11 is 6.07. The molecule has 88 valence electrons. The van der Waals surface area contributed by atoms with E-state index in [0.717, 1.165) is 25.0 Å². The minimum atomic E-state index is 0.213. The quantitative estimate of drug-likeness (QED) is 0.880. The summed E-state index contributed by atoms with van der Waals surface area (Å²) in [5.74, 6) is 0.703. The molecule has 1 aromatic rings. The van der Waals surface area contributed by atoms with Crippen molar-refractivity contribution in [3.63, 3.8) is 0 Å². The van der Waals surface area contributed by atoms with Crippen LogP contribution in [0, 0.1) is 0 Å². The summed E-state index contributed by atoms with van der Waals surface area (Å²) in [5.41, 5.74) is 6.53. The molecule has 0 saturated carbocycles. The first-order valence-electron chi connectivity index (χ1n) is 5.52. The normalized spacial score (nSPS) is 20.0. The van der Waals surface area contributed by atoms with Crippen LogP contribution in [0.25, 0.3) is 0 Å². The van der Waals surface area contributed by atoms with Gasteiger partial charge in [-0.25, -0.2) is 0 Å². The van der Waals surface area contributed by atoms with E-state index in [4.69, 9.17) is 26.8 Å². The van der Waals surface area contributed by atoms with Crippen LogP contribution in [-0.4, -0.2) is 19.3 Å². The molecule has 1 atom stereocenters. The van der Waals surface area contributed by atoms with Crippen molar-refractivity contribution in [2.24, 2.45) is 5.73 Å².